The minimum Gasteiger partial charge on any atom is -0.458 e. The van der Waals surface area contributed by atoms with Crippen LogP contribution in [0.15, 0.2) is 60.7 Å². The van der Waals surface area contributed by atoms with Gasteiger partial charge in [0.25, 0.3) is 5.91 Å². The Morgan fingerprint density at radius 2 is 1.62 bits per heavy atom. The van der Waals surface area contributed by atoms with Crippen LogP contribution < -0.4 is 10.6 Å². The Labute approximate surface area is 228 Å². The summed E-state index contributed by atoms with van der Waals surface area (Å²) >= 11 is 0. The number of nitrogens with one attached hydrogen (secondary N) is 2. The topological polar surface area (TPSA) is 134 Å². The van der Waals surface area contributed by atoms with Crippen LogP contribution in [0.1, 0.15) is 44.7 Å². The van der Waals surface area contributed by atoms with Crippen LogP contribution in [-0.2, 0) is 36.9 Å². The molecule has 0 spiro atoms. The number of nitrogens with zero attached hydrogens (tertiary/aromatic N) is 1. The fraction of sp³-hybridized carbons (Fsp3) is 0.448. The Kier molecular flexibility index (Phi) is 10.4. The van der Waals surface area contributed by atoms with Crippen molar-refractivity contribution in [3.63, 3.8) is 0 Å². The lowest BCUT2D eigenvalue weighted by molar-refractivity contribution is -0.165. The van der Waals surface area contributed by atoms with Gasteiger partial charge in [0.1, 0.15) is 24.8 Å². The Morgan fingerprint density at radius 1 is 1.00 bits per heavy atom. The molecule has 0 bridgehead atoms. The lowest BCUT2D eigenvalue weighted by Crippen LogP contribution is -2.56. The van der Waals surface area contributed by atoms with E-state index >= 15 is 0 Å². The second-order valence-electron chi connectivity index (χ2n) is 10.4. The van der Waals surface area contributed by atoms with Gasteiger partial charge < -0.3 is 30.1 Å². The quantitative estimate of drug-likeness (QED) is 0.395. The Balaban J connectivity index is 1.63. The maximum Gasteiger partial charge on any atom is 0.407 e. The molecule has 1 aliphatic rings. The van der Waals surface area contributed by atoms with Crippen molar-refractivity contribution in [2.75, 3.05) is 13.1 Å². The first-order valence-electron chi connectivity index (χ1n) is 13.0. The summed E-state index contributed by atoms with van der Waals surface area (Å²) in [5.74, 6) is -1.80. The molecule has 1 unspecified atom stereocenters. The Hall–Kier alpha value is -3.92. The molecule has 0 radical (unpaired) electrons. The molecular formula is C29H37N3O7. The second kappa shape index (κ2) is 13.7. The first-order valence-corrected chi connectivity index (χ1v) is 13.0. The SMILES string of the molecule is CC(C)(C)OC(=O)[C@@H]1CCCN1C(=O)C(O)[C@H](Cc1ccccc1)NC(=O)CNC(=O)OCc1ccccc1. The predicted molar refractivity (Wildman–Crippen MR) is 143 cm³/mol. The smallest absolute Gasteiger partial charge is 0.407 e. The summed E-state index contributed by atoms with van der Waals surface area (Å²) in [5.41, 5.74) is 0.870. The number of carbonyl (C=O) groups excluding carboxylic acids is 4. The van der Waals surface area contributed by atoms with Crippen molar-refractivity contribution in [2.45, 2.75) is 70.4 Å². The fourth-order valence-electron chi connectivity index (χ4n) is 4.28. The summed E-state index contributed by atoms with van der Waals surface area (Å²) in [6.45, 7) is 5.17. The van der Waals surface area contributed by atoms with Crippen molar-refractivity contribution < 1.29 is 33.8 Å². The molecule has 1 saturated heterocycles. The number of rotatable bonds is 10. The molecule has 0 aliphatic carbocycles. The van der Waals surface area contributed by atoms with E-state index in [9.17, 15) is 24.3 Å². The molecule has 1 aliphatic heterocycles. The van der Waals surface area contributed by atoms with Gasteiger partial charge in [-0.15, -0.1) is 0 Å². The summed E-state index contributed by atoms with van der Waals surface area (Å²) in [5, 5.41) is 16.1. The van der Waals surface area contributed by atoms with Crippen LogP contribution in [0.25, 0.3) is 0 Å². The van der Waals surface area contributed by atoms with Crippen LogP contribution in [0.2, 0.25) is 0 Å². The highest BCUT2D eigenvalue weighted by atomic mass is 16.6. The molecular weight excluding hydrogens is 502 g/mol. The van der Waals surface area contributed by atoms with Gasteiger partial charge in [0.15, 0.2) is 6.10 Å². The molecule has 1 fully saturated rings. The minimum absolute atomic E-state index is 0.0484. The van der Waals surface area contributed by atoms with E-state index in [0.717, 1.165) is 11.1 Å². The van der Waals surface area contributed by atoms with Crippen LogP contribution >= 0.6 is 0 Å². The van der Waals surface area contributed by atoms with Crippen LogP contribution in [0.4, 0.5) is 4.79 Å². The van der Waals surface area contributed by atoms with Crippen molar-refractivity contribution >= 4 is 23.9 Å². The summed E-state index contributed by atoms with van der Waals surface area (Å²) in [6.07, 6.45) is -1.22. The van der Waals surface area contributed by atoms with Gasteiger partial charge in [-0.25, -0.2) is 9.59 Å². The zero-order valence-corrected chi connectivity index (χ0v) is 22.6. The summed E-state index contributed by atoms with van der Waals surface area (Å²) in [6, 6.07) is 16.4. The first kappa shape index (κ1) is 29.6. The number of benzene rings is 2. The van der Waals surface area contributed by atoms with Gasteiger partial charge in [-0.2, -0.15) is 0 Å². The molecule has 2 aromatic carbocycles. The second-order valence-corrected chi connectivity index (χ2v) is 10.4. The molecule has 3 amide bonds. The molecule has 39 heavy (non-hydrogen) atoms. The zero-order chi connectivity index (χ0) is 28.4. The van der Waals surface area contributed by atoms with E-state index in [1.807, 2.05) is 48.5 Å². The van der Waals surface area contributed by atoms with Crippen LogP contribution in [-0.4, -0.2) is 70.8 Å². The molecule has 0 aromatic heterocycles. The Bertz CT molecular complexity index is 1120. The lowest BCUT2D eigenvalue weighted by Gasteiger charge is -2.31. The average Bonchev–Trinajstić information content (AvgIpc) is 3.40. The minimum atomic E-state index is -1.62. The molecule has 1 heterocycles. The lowest BCUT2D eigenvalue weighted by atomic mass is 9.99. The number of aliphatic hydroxyl groups excluding tert-OH is 1. The molecule has 10 nitrogen and oxygen atoms in total. The van der Waals surface area contributed by atoms with Gasteiger partial charge in [0.05, 0.1) is 6.04 Å². The van der Waals surface area contributed by atoms with Crippen LogP contribution in [0.5, 0.6) is 0 Å². The van der Waals surface area contributed by atoms with Crippen LogP contribution in [0.3, 0.4) is 0 Å². The predicted octanol–water partition coefficient (Wildman–Crippen LogP) is 2.33. The third-order valence-electron chi connectivity index (χ3n) is 6.10. The molecule has 3 rings (SSSR count). The van der Waals surface area contributed by atoms with Crippen molar-refractivity contribution in [1.82, 2.24) is 15.5 Å². The zero-order valence-electron chi connectivity index (χ0n) is 22.6. The highest BCUT2D eigenvalue weighted by Crippen LogP contribution is 2.23. The number of esters is 1. The third kappa shape index (κ3) is 9.40. The molecule has 3 N–H and O–H groups in total. The number of likely N-dealkylation sites (tertiary alicyclic amines) is 1. The van der Waals surface area contributed by atoms with Gasteiger partial charge in [-0.05, 0) is 51.2 Å². The summed E-state index contributed by atoms with van der Waals surface area (Å²) in [7, 11) is 0. The fourth-order valence-corrected chi connectivity index (χ4v) is 4.28. The van der Waals surface area contributed by atoms with Gasteiger partial charge in [0, 0.05) is 6.54 Å². The molecule has 210 valence electrons. The van der Waals surface area contributed by atoms with Crippen LogP contribution in [0, 0.1) is 0 Å². The molecule has 3 atom stereocenters. The van der Waals surface area contributed by atoms with Gasteiger partial charge >= 0.3 is 12.1 Å². The van der Waals surface area contributed by atoms with Crippen molar-refractivity contribution in [3.8, 4) is 0 Å². The monoisotopic (exact) mass is 539 g/mol. The third-order valence-corrected chi connectivity index (χ3v) is 6.10. The van der Waals surface area contributed by atoms with Gasteiger partial charge in [-0.3, -0.25) is 9.59 Å². The standard InChI is InChI=1S/C29H37N3O7/c1-29(2,3)39-27(36)23-15-10-16-32(23)26(35)25(34)22(17-20-11-6-4-7-12-20)31-24(33)18-30-28(37)38-19-21-13-8-5-9-14-21/h4-9,11-14,22-23,25,34H,10,15-19H2,1-3H3,(H,30,37)(H,31,33)/t22-,23-,25?/m0/s1. The van der Waals surface area contributed by atoms with E-state index in [1.165, 1.54) is 4.90 Å². The maximum atomic E-state index is 13.4. The molecule has 10 heteroatoms. The number of aliphatic hydroxyl groups is 1. The number of hydrogen-bond donors (Lipinski definition) is 3. The summed E-state index contributed by atoms with van der Waals surface area (Å²) in [4.78, 5) is 52.1. The van der Waals surface area contributed by atoms with Gasteiger partial charge in [0.2, 0.25) is 5.91 Å². The van der Waals surface area contributed by atoms with Crippen molar-refractivity contribution in [3.05, 3.63) is 71.8 Å². The number of alkyl carbamates (subject to hydrolysis) is 1. The average molecular weight is 540 g/mol. The Morgan fingerprint density at radius 3 is 2.23 bits per heavy atom. The van der Waals surface area contributed by atoms with E-state index < -0.39 is 54.2 Å². The van der Waals surface area contributed by atoms with E-state index in [2.05, 4.69) is 10.6 Å². The normalized spacial score (nSPS) is 16.6. The number of carbonyl (C=O) groups is 4. The highest BCUT2D eigenvalue weighted by molar-refractivity contribution is 5.89. The van der Waals surface area contributed by atoms with Crippen molar-refractivity contribution in [1.29, 1.82) is 0 Å². The number of hydrogen-bond acceptors (Lipinski definition) is 7. The molecule has 2 aromatic rings. The van der Waals surface area contributed by atoms with E-state index in [0.29, 0.717) is 19.4 Å². The maximum absolute atomic E-state index is 13.4. The molecule has 0 saturated carbocycles. The van der Waals surface area contributed by atoms with E-state index in [4.69, 9.17) is 9.47 Å². The first-order chi connectivity index (χ1) is 18.5. The summed E-state index contributed by atoms with van der Waals surface area (Å²) < 4.78 is 10.6. The number of ether oxygens (including phenoxy) is 2. The number of amides is 3. The largest absolute Gasteiger partial charge is 0.458 e. The highest BCUT2D eigenvalue weighted by Gasteiger charge is 2.41. The van der Waals surface area contributed by atoms with E-state index in [1.54, 1.807) is 32.9 Å². The van der Waals surface area contributed by atoms with E-state index in [-0.39, 0.29) is 13.0 Å². The van der Waals surface area contributed by atoms with Crippen molar-refractivity contribution in [2.24, 2.45) is 0 Å². The van der Waals surface area contributed by atoms with Gasteiger partial charge in [-0.1, -0.05) is 60.7 Å².